The highest BCUT2D eigenvalue weighted by Crippen LogP contribution is 2.20. The van der Waals surface area contributed by atoms with E-state index in [1.54, 1.807) is 43.4 Å². The van der Waals surface area contributed by atoms with Crippen molar-refractivity contribution in [1.82, 2.24) is 10.2 Å². The van der Waals surface area contributed by atoms with Crippen molar-refractivity contribution in [3.05, 3.63) is 63.9 Å². The van der Waals surface area contributed by atoms with Crippen molar-refractivity contribution in [1.29, 1.82) is 0 Å². The normalized spacial score (nSPS) is 13.2. The standard InChI is InChI=1S/C19H19BrFN3O2/c1-24(11-13-10-14(20)4-9-17(13)21)18(25)12-2-5-15(6-3-12)22-19(26)23-16-7-8-16/h2-6,9-10,16H,7-8,11H2,1H3,(H2,22,23,26). The number of benzene rings is 2. The number of hydrogen-bond acceptors (Lipinski definition) is 2. The molecule has 7 heteroatoms. The molecule has 1 aliphatic rings. The Hall–Kier alpha value is -2.41. The number of hydrogen-bond donors (Lipinski definition) is 2. The van der Waals surface area contributed by atoms with E-state index in [4.69, 9.17) is 0 Å². The van der Waals surface area contributed by atoms with Crippen molar-refractivity contribution in [2.24, 2.45) is 0 Å². The third-order valence-corrected chi connectivity index (χ3v) is 4.56. The minimum Gasteiger partial charge on any atom is -0.337 e. The summed E-state index contributed by atoms with van der Waals surface area (Å²) in [7, 11) is 1.62. The highest BCUT2D eigenvalue weighted by molar-refractivity contribution is 9.10. The molecule has 0 saturated heterocycles. The molecule has 2 aromatic carbocycles. The summed E-state index contributed by atoms with van der Waals surface area (Å²) < 4.78 is 14.6. The lowest BCUT2D eigenvalue weighted by molar-refractivity contribution is 0.0784. The maximum atomic E-state index is 13.9. The lowest BCUT2D eigenvalue weighted by Gasteiger charge is -2.18. The van der Waals surface area contributed by atoms with Gasteiger partial charge >= 0.3 is 6.03 Å². The Morgan fingerprint density at radius 3 is 2.54 bits per heavy atom. The molecule has 1 aliphatic carbocycles. The molecule has 0 aliphatic heterocycles. The second kappa shape index (κ2) is 7.86. The summed E-state index contributed by atoms with van der Waals surface area (Å²) >= 11 is 3.30. The van der Waals surface area contributed by atoms with E-state index in [1.807, 2.05) is 0 Å². The molecule has 0 aromatic heterocycles. The zero-order chi connectivity index (χ0) is 18.7. The molecular weight excluding hydrogens is 401 g/mol. The minimum absolute atomic E-state index is 0.161. The summed E-state index contributed by atoms with van der Waals surface area (Å²) in [5.41, 5.74) is 1.52. The third-order valence-electron chi connectivity index (χ3n) is 4.06. The number of amides is 3. The van der Waals surface area contributed by atoms with Crippen molar-refractivity contribution in [2.45, 2.75) is 25.4 Å². The zero-order valence-corrected chi connectivity index (χ0v) is 15.8. The van der Waals surface area contributed by atoms with Gasteiger partial charge in [0.05, 0.1) is 0 Å². The van der Waals surface area contributed by atoms with Gasteiger partial charge in [-0.2, -0.15) is 0 Å². The first-order valence-corrected chi connectivity index (χ1v) is 9.08. The predicted octanol–water partition coefficient (Wildman–Crippen LogP) is 4.14. The summed E-state index contributed by atoms with van der Waals surface area (Å²) in [5.74, 6) is -0.576. The molecule has 0 atom stereocenters. The van der Waals surface area contributed by atoms with Crippen molar-refractivity contribution in [3.63, 3.8) is 0 Å². The Bertz CT molecular complexity index is 822. The summed E-state index contributed by atoms with van der Waals surface area (Å²) in [6.07, 6.45) is 2.04. The molecule has 136 valence electrons. The molecule has 1 saturated carbocycles. The number of urea groups is 1. The monoisotopic (exact) mass is 419 g/mol. The number of anilines is 1. The van der Waals surface area contributed by atoms with Crippen LogP contribution in [0.25, 0.3) is 0 Å². The lowest BCUT2D eigenvalue weighted by atomic mass is 10.1. The highest BCUT2D eigenvalue weighted by atomic mass is 79.9. The van der Waals surface area contributed by atoms with E-state index in [0.29, 0.717) is 16.8 Å². The van der Waals surface area contributed by atoms with Gasteiger partial charge in [0.25, 0.3) is 5.91 Å². The molecule has 5 nitrogen and oxygen atoms in total. The van der Waals surface area contributed by atoms with Gasteiger partial charge in [-0.1, -0.05) is 15.9 Å². The first-order valence-electron chi connectivity index (χ1n) is 8.29. The van der Waals surface area contributed by atoms with E-state index in [2.05, 4.69) is 26.6 Å². The molecule has 3 rings (SSSR count). The lowest BCUT2D eigenvalue weighted by Crippen LogP contribution is -2.30. The summed E-state index contributed by atoms with van der Waals surface area (Å²) in [6, 6.07) is 11.3. The molecule has 1 fully saturated rings. The SMILES string of the molecule is CN(Cc1cc(Br)ccc1F)C(=O)c1ccc(NC(=O)NC2CC2)cc1. The first kappa shape index (κ1) is 18.4. The molecule has 0 bridgehead atoms. The van der Waals surface area contributed by atoms with Crippen LogP contribution in [0.2, 0.25) is 0 Å². The number of rotatable bonds is 5. The topological polar surface area (TPSA) is 61.4 Å². The van der Waals surface area contributed by atoms with E-state index in [-0.39, 0.29) is 30.3 Å². The van der Waals surface area contributed by atoms with Crippen LogP contribution in [0.15, 0.2) is 46.9 Å². The smallest absolute Gasteiger partial charge is 0.319 e. The van der Waals surface area contributed by atoms with Crippen LogP contribution in [0.5, 0.6) is 0 Å². The van der Waals surface area contributed by atoms with Gasteiger partial charge < -0.3 is 15.5 Å². The second-order valence-electron chi connectivity index (χ2n) is 6.35. The van der Waals surface area contributed by atoms with Crippen LogP contribution >= 0.6 is 15.9 Å². The fourth-order valence-electron chi connectivity index (χ4n) is 2.49. The largest absolute Gasteiger partial charge is 0.337 e. The van der Waals surface area contributed by atoms with Gasteiger partial charge in [-0.25, -0.2) is 9.18 Å². The number of nitrogens with one attached hydrogen (secondary N) is 2. The summed E-state index contributed by atoms with van der Waals surface area (Å²) in [6.45, 7) is 0.161. The van der Waals surface area contributed by atoms with E-state index < -0.39 is 0 Å². The first-order chi connectivity index (χ1) is 12.4. The molecule has 2 aromatic rings. The Labute approximate surface area is 159 Å². The Kier molecular flexibility index (Phi) is 5.56. The zero-order valence-electron chi connectivity index (χ0n) is 14.3. The van der Waals surface area contributed by atoms with Crippen molar-refractivity contribution in [3.8, 4) is 0 Å². The average Bonchev–Trinajstić information content (AvgIpc) is 3.42. The fourth-order valence-corrected chi connectivity index (χ4v) is 2.90. The maximum absolute atomic E-state index is 13.9. The van der Waals surface area contributed by atoms with Crippen molar-refractivity contribution < 1.29 is 14.0 Å². The molecule has 3 amide bonds. The van der Waals surface area contributed by atoms with Crippen LogP contribution in [0.1, 0.15) is 28.8 Å². The maximum Gasteiger partial charge on any atom is 0.319 e. The van der Waals surface area contributed by atoms with Gasteiger partial charge in [0.1, 0.15) is 5.82 Å². The van der Waals surface area contributed by atoms with Crippen molar-refractivity contribution in [2.75, 3.05) is 12.4 Å². The molecule has 0 unspecified atom stereocenters. The number of carbonyl (C=O) groups excluding carboxylic acids is 2. The molecule has 2 N–H and O–H groups in total. The number of carbonyl (C=O) groups is 2. The van der Waals surface area contributed by atoms with Crippen LogP contribution in [0.4, 0.5) is 14.9 Å². The van der Waals surface area contributed by atoms with Gasteiger partial charge in [0, 0.05) is 40.9 Å². The molecule has 0 radical (unpaired) electrons. The van der Waals surface area contributed by atoms with Crippen molar-refractivity contribution >= 4 is 33.6 Å². The van der Waals surface area contributed by atoms with Crippen LogP contribution in [0, 0.1) is 5.82 Å². The second-order valence-corrected chi connectivity index (χ2v) is 7.26. The number of halogens is 2. The third kappa shape index (κ3) is 4.82. The molecule has 0 spiro atoms. The van der Waals surface area contributed by atoms with Gasteiger partial charge in [0.15, 0.2) is 0 Å². The Balaban J connectivity index is 1.61. The Morgan fingerprint density at radius 1 is 1.19 bits per heavy atom. The summed E-state index contributed by atoms with van der Waals surface area (Å²) in [4.78, 5) is 25.7. The average molecular weight is 420 g/mol. The molecule has 0 heterocycles. The van der Waals surface area contributed by atoms with Gasteiger partial charge in [-0.05, 0) is 55.3 Å². The van der Waals surface area contributed by atoms with Gasteiger partial charge in [0.2, 0.25) is 0 Å². The van der Waals surface area contributed by atoms with Crippen LogP contribution in [-0.2, 0) is 6.54 Å². The fraction of sp³-hybridized carbons (Fsp3) is 0.263. The molecular formula is C19H19BrFN3O2. The van der Waals surface area contributed by atoms with Gasteiger partial charge in [-0.3, -0.25) is 4.79 Å². The molecule has 26 heavy (non-hydrogen) atoms. The van der Waals surface area contributed by atoms with Gasteiger partial charge in [-0.15, -0.1) is 0 Å². The van der Waals surface area contributed by atoms with E-state index in [0.717, 1.165) is 17.3 Å². The van der Waals surface area contributed by atoms with Crippen LogP contribution in [0.3, 0.4) is 0 Å². The van der Waals surface area contributed by atoms with Crippen LogP contribution in [-0.4, -0.2) is 29.9 Å². The van der Waals surface area contributed by atoms with E-state index in [9.17, 15) is 14.0 Å². The Morgan fingerprint density at radius 2 is 1.88 bits per heavy atom. The summed E-state index contributed by atoms with van der Waals surface area (Å²) in [5, 5.41) is 5.56. The quantitative estimate of drug-likeness (QED) is 0.764. The number of nitrogens with zero attached hydrogens (tertiary/aromatic N) is 1. The van der Waals surface area contributed by atoms with E-state index >= 15 is 0 Å². The van der Waals surface area contributed by atoms with Crippen LogP contribution < -0.4 is 10.6 Å². The predicted molar refractivity (Wildman–Crippen MR) is 102 cm³/mol. The minimum atomic E-state index is -0.353. The highest BCUT2D eigenvalue weighted by Gasteiger charge is 2.23. The van der Waals surface area contributed by atoms with E-state index in [1.165, 1.54) is 11.0 Å².